The second-order valence-electron chi connectivity index (χ2n) is 11.2. The number of rotatable bonds is 7. The topological polar surface area (TPSA) is 285 Å². The Morgan fingerprint density at radius 3 is 1.45 bits per heavy atom. The van der Waals surface area contributed by atoms with Crippen molar-refractivity contribution >= 4 is 76.6 Å². The van der Waals surface area contributed by atoms with Crippen LogP contribution < -0.4 is 20.4 Å². The van der Waals surface area contributed by atoms with E-state index >= 15 is 0 Å². The first-order chi connectivity index (χ1) is 25.7. The van der Waals surface area contributed by atoms with Crippen LogP contribution in [-0.4, -0.2) is 22.8 Å². The zero-order valence-corrected chi connectivity index (χ0v) is 29.6. The minimum Gasteiger partial charge on any atom is -0.871 e. The molecular weight excluding hydrogens is 776 g/mol. The zero-order valence-electron chi connectivity index (χ0n) is 27.5. The minimum absolute atomic E-state index is 0. The molecule has 0 aromatic heterocycles. The van der Waals surface area contributed by atoms with Crippen molar-refractivity contribution in [1.29, 1.82) is 0 Å². The number of nitrogens with zero attached hydrogens (tertiary/aromatic N) is 6. The van der Waals surface area contributed by atoms with Crippen molar-refractivity contribution in [2.75, 3.05) is 0 Å². The summed E-state index contributed by atoms with van der Waals surface area (Å²) in [6.07, 6.45) is 0. The fourth-order valence-corrected chi connectivity index (χ4v) is 6.03. The predicted octanol–water partition coefficient (Wildman–Crippen LogP) is 6.68. The van der Waals surface area contributed by atoms with Crippen molar-refractivity contribution in [3.63, 3.8) is 0 Å². The first-order valence-corrected chi connectivity index (χ1v) is 16.7. The summed E-state index contributed by atoms with van der Waals surface area (Å²) in [5.41, 5.74) is -1.13. The quantitative estimate of drug-likeness (QED) is 0.0709. The number of hydrogen-bond acceptors (Lipinski definition) is 15. The van der Waals surface area contributed by atoms with Gasteiger partial charge in [0.25, 0.3) is 11.4 Å². The summed E-state index contributed by atoms with van der Waals surface area (Å²) in [5.74, 6) is -2.33. The molecule has 0 bridgehead atoms. The standard InChI is InChI=1S/C20H13N3O7S.C16H11N3O4.Cr/c24-16-8-5-11-3-1-2-4-13(11)19(16)21-22-20-14-7-6-12(23(26)27)9-15(14)18(10-17(20)25)31(28,29)30;20-14-8-5-10-3-1-2-4-12(10)16(14)18-17-13-7-6-11(19(22)23)9-15(13)21;/h1-10,24-25H,(H,28,29,30);1-9,20-21H;/q;;+3/p-5. The molecule has 0 unspecified atom stereocenters. The van der Waals surface area contributed by atoms with Crippen molar-refractivity contribution in [2.24, 2.45) is 20.5 Å². The molecule has 0 heterocycles. The summed E-state index contributed by atoms with van der Waals surface area (Å²) in [4.78, 5) is 19.3. The number of benzene rings is 7. The van der Waals surface area contributed by atoms with Crippen LogP contribution in [-0.2, 0) is 27.5 Å². The van der Waals surface area contributed by atoms with Crippen LogP contribution in [0.5, 0.6) is 23.0 Å². The molecule has 0 N–H and O–H groups in total. The van der Waals surface area contributed by atoms with Crippen LogP contribution in [0.4, 0.5) is 34.1 Å². The number of nitro groups is 2. The van der Waals surface area contributed by atoms with Gasteiger partial charge in [-0.1, -0.05) is 95.8 Å². The molecule has 0 fully saturated rings. The molecule has 0 saturated carbocycles. The monoisotopic (exact) mass is 795 g/mol. The fourth-order valence-electron chi connectivity index (χ4n) is 5.34. The maximum Gasteiger partial charge on any atom is 3.00 e. The van der Waals surface area contributed by atoms with Gasteiger partial charge in [0.05, 0.1) is 37.5 Å². The van der Waals surface area contributed by atoms with E-state index in [0.29, 0.717) is 22.2 Å². The molecule has 7 rings (SSSR count). The van der Waals surface area contributed by atoms with E-state index in [2.05, 4.69) is 20.5 Å². The van der Waals surface area contributed by atoms with Crippen LogP contribution >= 0.6 is 0 Å². The molecule has 1 radical (unpaired) electrons. The van der Waals surface area contributed by atoms with E-state index in [1.807, 2.05) is 12.1 Å². The van der Waals surface area contributed by atoms with Gasteiger partial charge in [0, 0.05) is 45.8 Å². The first-order valence-electron chi connectivity index (χ1n) is 15.3. The second kappa shape index (κ2) is 15.9. The Hall–Kier alpha value is -7.04. The average Bonchev–Trinajstić information content (AvgIpc) is 3.14. The van der Waals surface area contributed by atoms with E-state index in [9.17, 15) is 53.6 Å². The molecule has 7 aromatic rings. The van der Waals surface area contributed by atoms with Gasteiger partial charge in [-0.05, 0) is 29.0 Å². The molecule has 55 heavy (non-hydrogen) atoms. The Morgan fingerprint density at radius 2 is 0.945 bits per heavy atom. The van der Waals surface area contributed by atoms with Crippen molar-refractivity contribution in [3.05, 3.63) is 135 Å². The Balaban J connectivity index is 0.000000216. The Bertz CT molecular complexity index is 2840. The van der Waals surface area contributed by atoms with Gasteiger partial charge in [0.15, 0.2) is 0 Å². The van der Waals surface area contributed by atoms with Crippen LogP contribution in [0.15, 0.2) is 141 Å². The van der Waals surface area contributed by atoms with E-state index < -0.39 is 47.8 Å². The molecule has 0 amide bonds. The summed E-state index contributed by atoms with van der Waals surface area (Å²) in [5, 5.41) is 87.8. The van der Waals surface area contributed by atoms with Crippen molar-refractivity contribution in [2.45, 2.75) is 4.90 Å². The van der Waals surface area contributed by atoms with Gasteiger partial charge in [-0.25, -0.2) is 8.42 Å². The van der Waals surface area contributed by atoms with Crippen LogP contribution in [0.1, 0.15) is 0 Å². The fraction of sp³-hybridized carbons (Fsp3) is 0. The van der Waals surface area contributed by atoms with E-state index in [1.54, 1.807) is 48.5 Å². The van der Waals surface area contributed by atoms with E-state index in [1.165, 1.54) is 18.2 Å². The molecule has 0 spiro atoms. The van der Waals surface area contributed by atoms with Gasteiger partial charge < -0.3 is 25.0 Å². The molecule has 0 atom stereocenters. The van der Waals surface area contributed by atoms with Gasteiger partial charge in [0.2, 0.25) is 0 Å². The number of azo groups is 2. The van der Waals surface area contributed by atoms with Crippen LogP contribution in [0, 0.1) is 20.2 Å². The molecule has 17 nitrogen and oxygen atoms in total. The summed E-state index contributed by atoms with van der Waals surface area (Å²) < 4.78 is 34.8. The summed E-state index contributed by atoms with van der Waals surface area (Å²) in [6, 6.07) is 26.8. The van der Waals surface area contributed by atoms with E-state index in [4.69, 9.17) is 0 Å². The molecule has 19 heteroatoms. The van der Waals surface area contributed by atoms with Crippen LogP contribution in [0.3, 0.4) is 0 Å². The Labute approximate surface area is 320 Å². The Kier molecular flexibility index (Phi) is 11.3. The Morgan fingerprint density at radius 1 is 0.473 bits per heavy atom. The molecule has 0 aliphatic carbocycles. The molecule has 7 aromatic carbocycles. The summed E-state index contributed by atoms with van der Waals surface area (Å²) >= 11 is 0. The smallest absolute Gasteiger partial charge is 0.871 e. The average molecular weight is 796 g/mol. The molecule has 0 saturated heterocycles. The number of non-ortho nitro benzene ring substituents is 2. The normalized spacial score (nSPS) is 11.4. The summed E-state index contributed by atoms with van der Waals surface area (Å²) in [6.45, 7) is 0. The van der Waals surface area contributed by atoms with Gasteiger partial charge in [-0.2, -0.15) is 20.5 Å². The second-order valence-corrected chi connectivity index (χ2v) is 12.6. The SMILES string of the molecule is O=[N+]([O-])c1ccc(N=Nc2c([O-])ccc3ccccc23)c([O-])c1.O=[N+]([O-])c1ccc2c(N=Nc3c([O-])ccc4ccccc34)c([O-])cc(S(=O)(=O)[O-])c2c1.[Cr+3]. The van der Waals surface area contributed by atoms with Crippen LogP contribution in [0.2, 0.25) is 0 Å². The van der Waals surface area contributed by atoms with Gasteiger partial charge >= 0.3 is 17.4 Å². The van der Waals surface area contributed by atoms with Crippen molar-refractivity contribution < 1.29 is 60.6 Å². The number of fused-ring (bicyclic) bond motifs is 3. The third-order valence-electron chi connectivity index (χ3n) is 7.89. The van der Waals surface area contributed by atoms with Crippen molar-refractivity contribution in [3.8, 4) is 23.0 Å². The summed E-state index contributed by atoms with van der Waals surface area (Å²) in [7, 11) is -5.11. The minimum atomic E-state index is -5.11. The largest absolute Gasteiger partial charge is 3.00 e. The van der Waals surface area contributed by atoms with Gasteiger partial charge in [-0.15, -0.1) is 0 Å². The maximum atomic E-state index is 12.5. The first kappa shape index (κ1) is 39.2. The zero-order chi connectivity index (χ0) is 38.7. The van der Waals surface area contributed by atoms with E-state index in [0.717, 1.165) is 35.7 Å². The molecular formula is C36H19CrN6O11S-2. The third kappa shape index (κ3) is 8.30. The van der Waals surface area contributed by atoms with Crippen LogP contribution in [0.25, 0.3) is 32.3 Å². The maximum absolute atomic E-state index is 12.5. The number of hydrogen-bond donors (Lipinski definition) is 0. The number of nitro benzene ring substituents is 2. The van der Waals surface area contributed by atoms with Crippen molar-refractivity contribution in [1.82, 2.24) is 0 Å². The third-order valence-corrected chi connectivity index (χ3v) is 8.76. The predicted molar refractivity (Wildman–Crippen MR) is 186 cm³/mol. The van der Waals surface area contributed by atoms with Gasteiger partial charge in [-0.3, -0.25) is 20.2 Å². The van der Waals surface area contributed by atoms with Gasteiger partial charge in [0.1, 0.15) is 10.1 Å². The molecule has 273 valence electrons. The molecule has 0 aliphatic heterocycles. The molecule has 0 aliphatic rings. The van der Waals surface area contributed by atoms with E-state index in [-0.39, 0.29) is 62.3 Å².